The Bertz CT molecular complexity index is 1260. The topological polar surface area (TPSA) is 131 Å². The van der Waals surface area contributed by atoms with Crippen molar-refractivity contribution >= 4 is 35.0 Å². The first-order valence-corrected chi connectivity index (χ1v) is 14.2. The lowest BCUT2D eigenvalue weighted by atomic mass is 10.0. The molecule has 2 aliphatic rings. The monoisotopic (exact) mass is 582 g/mol. The van der Waals surface area contributed by atoms with Crippen molar-refractivity contribution < 1.29 is 38.5 Å². The number of alkyl carbamates (subject to hydrolysis) is 1. The van der Waals surface area contributed by atoms with E-state index in [-0.39, 0.29) is 6.61 Å². The summed E-state index contributed by atoms with van der Waals surface area (Å²) in [6.45, 7) is 6.50. The Morgan fingerprint density at radius 2 is 1.59 bits per heavy atom. The molecule has 0 bridgehead atoms. The van der Waals surface area contributed by atoms with E-state index in [2.05, 4.69) is 5.32 Å². The van der Waals surface area contributed by atoms with Crippen LogP contribution in [0.3, 0.4) is 0 Å². The summed E-state index contributed by atoms with van der Waals surface area (Å²) in [7, 11) is 0. The van der Waals surface area contributed by atoms with E-state index >= 15 is 0 Å². The summed E-state index contributed by atoms with van der Waals surface area (Å²) in [5.74, 6) is -1.88. The molecule has 2 aromatic rings. The van der Waals surface area contributed by atoms with Crippen LogP contribution in [0.25, 0.3) is 0 Å². The number of aliphatic hydroxyl groups excluding tert-OH is 1. The molecule has 2 amide bonds. The molecule has 2 aromatic carbocycles. The Morgan fingerprint density at radius 1 is 1.02 bits per heavy atom. The summed E-state index contributed by atoms with van der Waals surface area (Å²) < 4.78 is 16.5. The molecule has 0 spiro atoms. The second-order valence-corrected chi connectivity index (χ2v) is 11.9. The standard InChI is InChI=1S/C30H34N2O8S/c1-18(33)23(27(35)39-24(20-11-7-5-8-12-20)21-13-9-6-10-14-21)32-25(34)22(31-28(36)40-30(2,3)4)26(32)41-29(37)38-17-19-15-16-19/h5-14,19,22,24,26,33H,15-17H2,1-4H3,(H,31,36). The third-order valence-corrected chi connectivity index (χ3v) is 7.31. The van der Waals surface area contributed by atoms with E-state index in [4.69, 9.17) is 14.2 Å². The van der Waals surface area contributed by atoms with Gasteiger partial charge in [0.1, 0.15) is 22.8 Å². The van der Waals surface area contributed by atoms with Crippen molar-refractivity contribution in [3.63, 3.8) is 0 Å². The SMILES string of the molecule is CC(O)=C(C(=O)OC(c1ccccc1)c1ccccc1)N1C(=O)C(NC(=O)OC(C)(C)C)C1SC(=O)OCC1CC1. The summed E-state index contributed by atoms with van der Waals surface area (Å²) in [5, 5.41) is 11.3. The summed E-state index contributed by atoms with van der Waals surface area (Å²) in [4.78, 5) is 53.1. The second kappa shape index (κ2) is 12.7. The van der Waals surface area contributed by atoms with Gasteiger partial charge in [-0.1, -0.05) is 60.7 Å². The van der Waals surface area contributed by atoms with E-state index < -0.39 is 57.8 Å². The van der Waals surface area contributed by atoms with Gasteiger partial charge in [-0.15, -0.1) is 0 Å². The number of β-lactam (4-membered cyclic amide) rings is 1. The molecular formula is C30H34N2O8S. The van der Waals surface area contributed by atoms with Crippen LogP contribution in [0.4, 0.5) is 9.59 Å². The van der Waals surface area contributed by atoms with Gasteiger partial charge in [0, 0.05) is 0 Å². The Morgan fingerprint density at radius 3 is 2.07 bits per heavy atom. The van der Waals surface area contributed by atoms with E-state index in [1.165, 1.54) is 6.92 Å². The summed E-state index contributed by atoms with van der Waals surface area (Å²) in [6.07, 6.45) is 0.234. The van der Waals surface area contributed by atoms with Crippen LogP contribution in [0.15, 0.2) is 72.1 Å². The van der Waals surface area contributed by atoms with Crippen LogP contribution in [0.1, 0.15) is 57.8 Å². The zero-order valence-electron chi connectivity index (χ0n) is 23.4. The molecule has 1 saturated carbocycles. The molecule has 1 aliphatic carbocycles. The zero-order chi connectivity index (χ0) is 29.7. The van der Waals surface area contributed by atoms with Crippen LogP contribution < -0.4 is 5.32 Å². The second-order valence-electron chi connectivity index (χ2n) is 10.9. The van der Waals surface area contributed by atoms with Crippen LogP contribution in [-0.2, 0) is 23.8 Å². The lowest BCUT2D eigenvalue weighted by molar-refractivity contribution is -0.154. The predicted molar refractivity (Wildman–Crippen MR) is 152 cm³/mol. The number of ether oxygens (including phenoxy) is 3. The number of carbonyl (C=O) groups is 4. The molecule has 4 rings (SSSR count). The number of benzene rings is 2. The minimum atomic E-state index is -1.22. The molecule has 10 nitrogen and oxygen atoms in total. The Kier molecular flexibility index (Phi) is 9.27. The fraction of sp³-hybridized carbons (Fsp3) is 0.400. The highest BCUT2D eigenvalue weighted by atomic mass is 32.2. The van der Waals surface area contributed by atoms with Crippen LogP contribution in [0.5, 0.6) is 0 Å². The highest BCUT2D eigenvalue weighted by Gasteiger charge is 2.54. The van der Waals surface area contributed by atoms with E-state index in [0.29, 0.717) is 28.8 Å². The van der Waals surface area contributed by atoms with Crippen molar-refractivity contribution in [3.05, 3.63) is 83.2 Å². The highest BCUT2D eigenvalue weighted by molar-refractivity contribution is 8.13. The van der Waals surface area contributed by atoms with Crippen LogP contribution >= 0.6 is 11.8 Å². The number of amides is 2. The number of thioether (sulfide) groups is 1. The van der Waals surface area contributed by atoms with Crippen molar-refractivity contribution in [1.29, 1.82) is 0 Å². The predicted octanol–water partition coefficient (Wildman–Crippen LogP) is 5.45. The maximum absolute atomic E-state index is 13.6. The Labute approximate surface area is 243 Å². The third-order valence-electron chi connectivity index (χ3n) is 6.27. The number of nitrogens with one attached hydrogen (secondary N) is 1. The van der Waals surface area contributed by atoms with Crippen molar-refractivity contribution in [2.45, 2.75) is 63.7 Å². The number of allylic oxidation sites excluding steroid dienone is 1. The van der Waals surface area contributed by atoms with Gasteiger partial charge in [0.15, 0.2) is 11.8 Å². The first-order valence-electron chi connectivity index (χ1n) is 13.3. The molecule has 0 radical (unpaired) electrons. The average Bonchev–Trinajstić information content (AvgIpc) is 3.76. The number of rotatable bonds is 9. The number of hydrogen-bond acceptors (Lipinski definition) is 9. The molecule has 2 unspecified atom stereocenters. The highest BCUT2D eigenvalue weighted by Crippen LogP contribution is 2.38. The quantitative estimate of drug-likeness (QED) is 0.130. The van der Waals surface area contributed by atoms with Gasteiger partial charge in [0.25, 0.3) is 5.91 Å². The van der Waals surface area contributed by atoms with Gasteiger partial charge >= 0.3 is 17.4 Å². The molecule has 1 aliphatic heterocycles. The van der Waals surface area contributed by atoms with Gasteiger partial charge in [-0.3, -0.25) is 9.69 Å². The van der Waals surface area contributed by atoms with Crippen molar-refractivity contribution in [1.82, 2.24) is 10.2 Å². The lowest BCUT2D eigenvalue weighted by Gasteiger charge is -2.46. The maximum atomic E-state index is 13.6. The van der Waals surface area contributed by atoms with Crippen molar-refractivity contribution in [3.8, 4) is 0 Å². The number of carbonyl (C=O) groups excluding carboxylic acids is 4. The minimum absolute atomic E-state index is 0.246. The number of nitrogens with zero attached hydrogens (tertiary/aromatic N) is 1. The first kappa shape index (κ1) is 30.0. The molecule has 2 N–H and O–H groups in total. The van der Waals surface area contributed by atoms with Crippen LogP contribution in [0, 0.1) is 5.92 Å². The number of esters is 1. The molecule has 218 valence electrons. The fourth-order valence-electron chi connectivity index (χ4n) is 4.16. The molecule has 2 atom stereocenters. The molecule has 1 saturated heterocycles. The van der Waals surface area contributed by atoms with Gasteiger partial charge in [-0.05, 0) is 69.3 Å². The van der Waals surface area contributed by atoms with E-state index in [1.54, 1.807) is 69.3 Å². The van der Waals surface area contributed by atoms with Crippen molar-refractivity contribution in [2.75, 3.05) is 6.61 Å². The summed E-state index contributed by atoms with van der Waals surface area (Å²) in [5.41, 5.74) is 0.0802. The lowest BCUT2D eigenvalue weighted by Crippen LogP contribution is -2.70. The van der Waals surface area contributed by atoms with E-state index in [9.17, 15) is 24.3 Å². The van der Waals surface area contributed by atoms with Gasteiger partial charge in [-0.2, -0.15) is 0 Å². The number of aliphatic hydroxyl groups is 1. The fourth-order valence-corrected chi connectivity index (χ4v) is 5.13. The molecule has 11 heteroatoms. The summed E-state index contributed by atoms with van der Waals surface area (Å²) in [6, 6.07) is 16.8. The molecular weight excluding hydrogens is 548 g/mol. The van der Waals surface area contributed by atoms with Gasteiger partial charge in [0.05, 0.1) is 6.61 Å². The molecule has 0 aromatic heterocycles. The summed E-state index contributed by atoms with van der Waals surface area (Å²) >= 11 is 0.631. The Balaban J connectivity index is 1.59. The van der Waals surface area contributed by atoms with Gasteiger partial charge in [-0.25, -0.2) is 14.4 Å². The zero-order valence-corrected chi connectivity index (χ0v) is 24.2. The molecule has 2 fully saturated rings. The smallest absolute Gasteiger partial charge is 0.408 e. The maximum Gasteiger partial charge on any atom is 0.408 e. The number of hydrogen-bond donors (Lipinski definition) is 2. The number of likely N-dealkylation sites (tertiary alicyclic amines) is 1. The van der Waals surface area contributed by atoms with E-state index in [0.717, 1.165) is 17.7 Å². The average molecular weight is 583 g/mol. The van der Waals surface area contributed by atoms with Gasteiger partial charge in [0.2, 0.25) is 0 Å². The normalized spacial score (nSPS) is 19.1. The Hall–Kier alpha value is -3.99. The third kappa shape index (κ3) is 7.81. The molecule has 1 heterocycles. The first-order chi connectivity index (χ1) is 19.4. The molecule has 41 heavy (non-hydrogen) atoms. The van der Waals surface area contributed by atoms with Crippen LogP contribution in [-0.4, -0.2) is 56.9 Å². The van der Waals surface area contributed by atoms with Gasteiger partial charge < -0.3 is 24.6 Å². The largest absolute Gasteiger partial charge is 0.510 e. The van der Waals surface area contributed by atoms with Crippen LogP contribution in [0.2, 0.25) is 0 Å². The minimum Gasteiger partial charge on any atom is -0.510 e. The van der Waals surface area contributed by atoms with E-state index in [1.807, 2.05) is 12.1 Å². The van der Waals surface area contributed by atoms with Crippen molar-refractivity contribution in [2.24, 2.45) is 5.92 Å².